The number of rotatable bonds is 6. The molecular weight excluding hydrogens is 282 g/mol. The third-order valence-corrected chi connectivity index (χ3v) is 5.05. The molecule has 2 fully saturated rings. The van der Waals surface area contributed by atoms with Crippen molar-refractivity contribution in [3.8, 4) is 0 Å². The van der Waals surface area contributed by atoms with Crippen molar-refractivity contribution in [1.29, 1.82) is 0 Å². The molecular formula is C16H29N3O3. The van der Waals surface area contributed by atoms with Crippen LogP contribution >= 0.6 is 0 Å². The van der Waals surface area contributed by atoms with Crippen LogP contribution in [0, 0.1) is 5.92 Å². The van der Waals surface area contributed by atoms with Crippen LogP contribution in [0.3, 0.4) is 0 Å². The van der Waals surface area contributed by atoms with Gasteiger partial charge in [-0.1, -0.05) is 25.7 Å². The van der Waals surface area contributed by atoms with Crippen LogP contribution in [-0.2, 0) is 14.3 Å². The third-order valence-electron chi connectivity index (χ3n) is 5.05. The zero-order chi connectivity index (χ0) is 16.0. The van der Waals surface area contributed by atoms with Crippen LogP contribution in [0.4, 0.5) is 0 Å². The minimum absolute atomic E-state index is 0.0133. The van der Waals surface area contributed by atoms with Crippen molar-refractivity contribution < 1.29 is 14.3 Å². The van der Waals surface area contributed by atoms with Crippen molar-refractivity contribution in [2.24, 2.45) is 11.7 Å². The number of nitrogens with one attached hydrogen (secondary N) is 1. The topological polar surface area (TPSA) is 84.7 Å². The molecule has 2 aliphatic rings. The molecule has 22 heavy (non-hydrogen) atoms. The van der Waals surface area contributed by atoms with Crippen LogP contribution in [0.5, 0.6) is 0 Å². The summed E-state index contributed by atoms with van der Waals surface area (Å²) < 4.78 is 5.08. The number of likely N-dealkylation sites (tertiary alicyclic amines) is 1. The number of nitrogens with two attached hydrogens (primary N) is 1. The number of ether oxygens (including phenoxy) is 1. The minimum atomic E-state index is -0.826. The number of hydrogen-bond donors (Lipinski definition) is 2. The van der Waals surface area contributed by atoms with Gasteiger partial charge in [0.2, 0.25) is 11.8 Å². The molecule has 1 unspecified atom stereocenters. The van der Waals surface area contributed by atoms with Crippen molar-refractivity contribution in [2.75, 3.05) is 33.4 Å². The van der Waals surface area contributed by atoms with Crippen LogP contribution in [-0.4, -0.2) is 55.6 Å². The van der Waals surface area contributed by atoms with E-state index < -0.39 is 5.54 Å². The van der Waals surface area contributed by atoms with Gasteiger partial charge < -0.3 is 20.7 Å². The molecule has 0 radical (unpaired) electrons. The summed E-state index contributed by atoms with van der Waals surface area (Å²) in [7, 11) is 1.68. The molecule has 126 valence electrons. The molecule has 0 bridgehead atoms. The highest BCUT2D eigenvalue weighted by Crippen LogP contribution is 2.28. The molecule has 2 rings (SSSR count). The minimum Gasteiger partial charge on any atom is -0.383 e. The Labute approximate surface area is 132 Å². The largest absolute Gasteiger partial charge is 0.383 e. The van der Waals surface area contributed by atoms with Gasteiger partial charge in [-0.3, -0.25) is 9.59 Å². The van der Waals surface area contributed by atoms with E-state index in [1.807, 2.05) is 0 Å². The van der Waals surface area contributed by atoms with Crippen LogP contribution in [0.15, 0.2) is 0 Å². The van der Waals surface area contributed by atoms with E-state index in [0.29, 0.717) is 19.4 Å². The molecule has 2 amide bonds. The number of carbonyl (C=O) groups excluding carboxylic acids is 2. The Morgan fingerprint density at radius 2 is 1.95 bits per heavy atom. The molecule has 0 aromatic rings. The lowest BCUT2D eigenvalue weighted by molar-refractivity contribution is -0.134. The fraction of sp³-hybridized carbons (Fsp3) is 0.875. The summed E-state index contributed by atoms with van der Waals surface area (Å²) in [5, 5.41) is 3.02. The van der Waals surface area contributed by atoms with Crippen LogP contribution in [0.2, 0.25) is 0 Å². The van der Waals surface area contributed by atoms with Gasteiger partial charge in [-0.15, -0.1) is 0 Å². The first-order chi connectivity index (χ1) is 10.6. The van der Waals surface area contributed by atoms with E-state index in [2.05, 4.69) is 10.2 Å². The number of hydrogen-bond acceptors (Lipinski definition) is 4. The lowest BCUT2D eigenvalue weighted by Crippen LogP contribution is -2.58. The predicted octanol–water partition coefficient (Wildman–Crippen LogP) is 0.649. The SMILES string of the molecule is COCCN1CCC(C(=O)NC2(C(N)=O)CCCCCC2)C1. The molecule has 1 aliphatic heterocycles. The van der Waals surface area contributed by atoms with E-state index in [9.17, 15) is 9.59 Å². The summed E-state index contributed by atoms with van der Waals surface area (Å²) in [6.45, 7) is 3.18. The van der Waals surface area contributed by atoms with Crippen LogP contribution in [0.25, 0.3) is 0 Å². The second kappa shape index (κ2) is 7.92. The first-order valence-corrected chi connectivity index (χ1v) is 8.40. The van der Waals surface area contributed by atoms with E-state index in [0.717, 1.165) is 51.7 Å². The number of methoxy groups -OCH3 is 1. The lowest BCUT2D eigenvalue weighted by atomic mass is 9.88. The molecule has 1 atom stereocenters. The van der Waals surface area contributed by atoms with Crippen molar-refractivity contribution >= 4 is 11.8 Å². The van der Waals surface area contributed by atoms with Crippen molar-refractivity contribution in [3.05, 3.63) is 0 Å². The second-order valence-corrected chi connectivity index (χ2v) is 6.63. The van der Waals surface area contributed by atoms with Gasteiger partial charge in [-0.05, 0) is 25.8 Å². The summed E-state index contributed by atoms with van der Waals surface area (Å²) in [4.78, 5) is 26.8. The van der Waals surface area contributed by atoms with Crippen molar-refractivity contribution in [2.45, 2.75) is 50.5 Å². The Morgan fingerprint density at radius 3 is 2.55 bits per heavy atom. The summed E-state index contributed by atoms with van der Waals surface area (Å²) in [5.41, 5.74) is 4.81. The van der Waals surface area contributed by atoms with Gasteiger partial charge in [-0.25, -0.2) is 0 Å². The quantitative estimate of drug-likeness (QED) is 0.705. The standard InChI is InChI=1S/C16H29N3O3/c1-22-11-10-19-9-6-13(12-19)14(20)18-16(15(17)21)7-4-2-3-5-8-16/h13H,2-12H2,1H3,(H2,17,21)(H,18,20). The Bertz CT molecular complexity index is 392. The van der Waals surface area contributed by atoms with E-state index in [1.54, 1.807) is 7.11 Å². The van der Waals surface area contributed by atoms with E-state index in [4.69, 9.17) is 10.5 Å². The fourth-order valence-corrected chi connectivity index (χ4v) is 3.57. The van der Waals surface area contributed by atoms with Crippen molar-refractivity contribution in [1.82, 2.24) is 10.2 Å². The predicted molar refractivity (Wildman–Crippen MR) is 84.2 cm³/mol. The maximum Gasteiger partial charge on any atom is 0.243 e. The summed E-state index contributed by atoms with van der Waals surface area (Å²) in [6.07, 6.45) is 6.31. The number of amides is 2. The highest BCUT2D eigenvalue weighted by molar-refractivity contribution is 5.91. The molecule has 0 spiro atoms. The maximum atomic E-state index is 12.6. The Morgan fingerprint density at radius 1 is 1.27 bits per heavy atom. The normalized spacial score (nSPS) is 25.6. The average molecular weight is 311 g/mol. The molecule has 1 aliphatic carbocycles. The monoisotopic (exact) mass is 311 g/mol. The van der Waals surface area contributed by atoms with Gasteiger partial charge in [0.25, 0.3) is 0 Å². The van der Waals surface area contributed by atoms with Gasteiger partial charge in [0, 0.05) is 20.2 Å². The van der Waals surface area contributed by atoms with Crippen molar-refractivity contribution in [3.63, 3.8) is 0 Å². The Kier molecular flexibility index (Phi) is 6.20. The molecule has 0 aromatic carbocycles. The first-order valence-electron chi connectivity index (χ1n) is 8.40. The summed E-state index contributed by atoms with van der Waals surface area (Å²) in [5.74, 6) is -0.436. The molecule has 0 aromatic heterocycles. The van der Waals surface area contributed by atoms with Crippen LogP contribution in [0.1, 0.15) is 44.9 Å². The highest BCUT2D eigenvalue weighted by atomic mass is 16.5. The number of primary amides is 1. The van der Waals surface area contributed by atoms with Crippen LogP contribution < -0.4 is 11.1 Å². The molecule has 6 heteroatoms. The van der Waals surface area contributed by atoms with Gasteiger partial charge in [0.1, 0.15) is 5.54 Å². The van der Waals surface area contributed by atoms with E-state index >= 15 is 0 Å². The zero-order valence-corrected chi connectivity index (χ0v) is 13.6. The molecule has 6 nitrogen and oxygen atoms in total. The first kappa shape index (κ1) is 17.2. The molecule has 1 saturated heterocycles. The Hall–Kier alpha value is -1.14. The summed E-state index contributed by atoms with van der Waals surface area (Å²) >= 11 is 0. The van der Waals surface area contributed by atoms with Gasteiger partial charge in [-0.2, -0.15) is 0 Å². The zero-order valence-electron chi connectivity index (χ0n) is 13.6. The average Bonchev–Trinajstić information content (AvgIpc) is 2.84. The van der Waals surface area contributed by atoms with E-state index in [1.165, 1.54) is 0 Å². The summed E-state index contributed by atoms with van der Waals surface area (Å²) in [6, 6.07) is 0. The second-order valence-electron chi connectivity index (χ2n) is 6.63. The fourth-order valence-electron chi connectivity index (χ4n) is 3.57. The van der Waals surface area contributed by atoms with Gasteiger partial charge in [0.15, 0.2) is 0 Å². The third kappa shape index (κ3) is 4.20. The molecule has 1 saturated carbocycles. The van der Waals surface area contributed by atoms with Gasteiger partial charge in [0.05, 0.1) is 12.5 Å². The smallest absolute Gasteiger partial charge is 0.243 e. The van der Waals surface area contributed by atoms with Gasteiger partial charge >= 0.3 is 0 Å². The lowest BCUT2D eigenvalue weighted by Gasteiger charge is -2.31. The maximum absolute atomic E-state index is 12.6. The molecule has 3 N–H and O–H groups in total. The number of nitrogens with zero attached hydrogens (tertiary/aromatic N) is 1. The highest BCUT2D eigenvalue weighted by Gasteiger charge is 2.40. The van der Waals surface area contributed by atoms with E-state index in [-0.39, 0.29) is 17.7 Å². The Balaban J connectivity index is 1.93. The molecule has 1 heterocycles. The number of carbonyl (C=O) groups is 2.